The summed E-state index contributed by atoms with van der Waals surface area (Å²) in [5, 5.41) is 12.7. The van der Waals surface area contributed by atoms with Gasteiger partial charge in [0.05, 0.1) is 17.8 Å². The number of fused-ring (bicyclic) bond motifs is 1. The number of hydrogen-bond donors (Lipinski definition) is 3. The summed E-state index contributed by atoms with van der Waals surface area (Å²) in [5.41, 5.74) is -0.876. The summed E-state index contributed by atoms with van der Waals surface area (Å²) in [6.07, 6.45) is -0.0275. The minimum atomic E-state index is -3.83. The lowest BCUT2D eigenvalue weighted by Gasteiger charge is -2.29. The highest BCUT2D eigenvalue weighted by Gasteiger charge is 2.62. The highest BCUT2D eigenvalue weighted by atomic mass is 35.5. The molecule has 4 aliphatic rings. The van der Waals surface area contributed by atoms with E-state index in [0.29, 0.717) is 29.8 Å². The Morgan fingerprint density at radius 3 is 2.43 bits per heavy atom. The van der Waals surface area contributed by atoms with Gasteiger partial charge in [0.25, 0.3) is 5.91 Å². The molecule has 14 heteroatoms. The molecule has 2 saturated carbocycles. The van der Waals surface area contributed by atoms with Crippen LogP contribution in [0.4, 0.5) is 9.59 Å². The molecule has 0 radical (unpaired) electrons. The molecule has 5 atom stereocenters. The Bertz CT molecular complexity index is 1430. The van der Waals surface area contributed by atoms with Crippen molar-refractivity contribution in [2.24, 2.45) is 11.8 Å². The van der Waals surface area contributed by atoms with Crippen LogP contribution < -0.4 is 10.0 Å². The van der Waals surface area contributed by atoms with E-state index >= 15 is 0 Å². The van der Waals surface area contributed by atoms with Crippen molar-refractivity contribution < 1.29 is 37.4 Å². The predicted octanol–water partition coefficient (Wildman–Crippen LogP) is 3.39. The molecule has 0 aromatic heterocycles. The number of hydrogen-bond acceptors (Lipinski definition) is 7. The zero-order valence-electron chi connectivity index (χ0n) is 24.1. The van der Waals surface area contributed by atoms with Gasteiger partial charge >= 0.3 is 12.2 Å². The van der Waals surface area contributed by atoms with Crippen LogP contribution in [0.3, 0.4) is 0 Å². The quantitative estimate of drug-likeness (QED) is 0.416. The molecule has 230 valence electrons. The van der Waals surface area contributed by atoms with Gasteiger partial charge < -0.3 is 15.2 Å². The Balaban J connectivity index is 1.43. The van der Waals surface area contributed by atoms with Gasteiger partial charge in [0.2, 0.25) is 15.9 Å². The van der Waals surface area contributed by atoms with Crippen LogP contribution in [0.5, 0.6) is 0 Å². The summed E-state index contributed by atoms with van der Waals surface area (Å²) in [6.45, 7) is 7.05. The number of benzene rings is 1. The first-order chi connectivity index (χ1) is 19.6. The normalized spacial score (nSPS) is 28.7. The molecule has 0 bridgehead atoms. The van der Waals surface area contributed by atoms with Crippen LogP contribution in [0, 0.1) is 11.8 Å². The van der Waals surface area contributed by atoms with E-state index in [1.807, 2.05) is 6.92 Å². The highest BCUT2D eigenvalue weighted by Crippen LogP contribution is 2.48. The van der Waals surface area contributed by atoms with Gasteiger partial charge in [0.1, 0.15) is 17.2 Å². The maximum Gasteiger partial charge on any atom is 0.410 e. The number of carbonyl (C=O) groups excluding carboxylic acids is 3. The molecule has 42 heavy (non-hydrogen) atoms. The van der Waals surface area contributed by atoms with Crippen LogP contribution in [0.15, 0.2) is 18.2 Å². The van der Waals surface area contributed by atoms with Crippen LogP contribution in [0.2, 0.25) is 5.02 Å². The fourth-order valence-corrected chi connectivity index (χ4v) is 7.92. The number of carbonyl (C=O) groups is 4. The van der Waals surface area contributed by atoms with Gasteiger partial charge in [-0.3, -0.25) is 24.1 Å². The molecule has 2 aliphatic carbocycles. The number of nitrogens with zero attached hydrogens (tertiary/aromatic N) is 2. The average Bonchev–Trinajstić information content (AvgIpc) is 3.77. The van der Waals surface area contributed by atoms with Gasteiger partial charge in [0, 0.05) is 17.5 Å². The molecule has 1 unspecified atom stereocenters. The maximum absolute atomic E-state index is 13.9. The molecule has 3 N–H and O–H groups in total. The van der Waals surface area contributed by atoms with Crippen molar-refractivity contribution in [3.05, 3.63) is 34.3 Å². The van der Waals surface area contributed by atoms with Gasteiger partial charge in [-0.05, 0) is 69.6 Å². The molecule has 1 aromatic carbocycles. The Morgan fingerprint density at radius 1 is 1.17 bits per heavy atom. The topological polar surface area (TPSA) is 162 Å². The van der Waals surface area contributed by atoms with Crippen molar-refractivity contribution in [3.8, 4) is 0 Å². The molecular weight excluding hydrogens is 588 g/mol. The number of halogens is 1. The van der Waals surface area contributed by atoms with Crippen LogP contribution in [-0.2, 0) is 30.9 Å². The van der Waals surface area contributed by atoms with Crippen molar-refractivity contribution in [3.63, 3.8) is 0 Å². The minimum Gasteiger partial charge on any atom is -0.465 e. The molecule has 3 fully saturated rings. The zero-order valence-corrected chi connectivity index (χ0v) is 25.6. The zero-order chi connectivity index (χ0) is 30.8. The third kappa shape index (κ3) is 5.64. The Labute approximate surface area is 250 Å². The number of amides is 4. The van der Waals surface area contributed by atoms with Crippen LogP contribution in [-0.4, -0.2) is 76.3 Å². The van der Waals surface area contributed by atoms with Gasteiger partial charge in [-0.15, -0.1) is 0 Å². The second-order valence-corrected chi connectivity index (χ2v) is 15.1. The fourth-order valence-electron chi connectivity index (χ4n) is 6.31. The number of nitrogens with one attached hydrogen (secondary N) is 2. The first kappa shape index (κ1) is 30.4. The molecule has 4 amide bonds. The summed E-state index contributed by atoms with van der Waals surface area (Å²) in [5.74, 6) is -2.14. The molecule has 12 nitrogen and oxygen atoms in total. The monoisotopic (exact) mass is 624 g/mol. The summed E-state index contributed by atoms with van der Waals surface area (Å²) < 4.78 is 32.8. The SMILES string of the molecule is CC[C@@H]1C[C@]1(NC(=O)[C@@H]1C[C@@H](C2c3cccc(Cl)c3CN2C(=O)O)CN1C(=O)OC(C)(C)C)C(=O)NS(=O)(=O)C1CC1. The van der Waals surface area contributed by atoms with E-state index in [2.05, 4.69) is 10.0 Å². The molecule has 5 rings (SSSR count). The first-order valence-electron chi connectivity index (χ1n) is 14.2. The summed E-state index contributed by atoms with van der Waals surface area (Å²) in [7, 11) is -3.83. The van der Waals surface area contributed by atoms with Gasteiger partial charge in [-0.1, -0.05) is 37.1 Å². The number of ether oxygens (including phenoxy) is 1. The van der Waals surface area contributed by atoms with Gasteiger partial charge in [-0.2, -0.15) is 0 Å². The third-order valence-electron chi connectivity index (χ3n) is 8.64. The van der Waals surface area contributed by atoms with Crippen molar-refractivity contribution in [1.82, 2.24) is 19.8 Å². The second-order valence-electron chi connectivity index (χ2n) is 12.8. The first-order valence-corrected chi connectivity index (χ1v) is 16.1. The predicted molar refractivity (Wildman–Crippen MR) is 152 cm³/mol. The molecule has 0 spiro atoms. The van der Waals surface area contributed by atoms with Gasteiger partial charge in [0.15, 0.2) is 0 Å². The van der Waals surface area contributed by atoms with E-state index in [4.69, 9.17) is 16.3 Å². The van der Waals surface area contributed by atoms with Crippen molar-refractivity contribution >= 4 is 45.6 Å². The number of carboxylic acid groups (broad SMARTS) is 1. The lowest BCUT2D eigenvalue weighted by molar-refractivity contribution is -0.132. The highest BCUT2D eigenvalue weighted by molar-refractivity contribution is 7.91. The number of rotatable bonds is 7. The van der Waals surface area contributed by atoms with Crippen molar-refractivity contribution in [2.45, 2.75) is 94.8 Å². The Kier molecular flexibility index (Phi) is 7.66. The Hall–Kier alpha value is -3.06. The van der Waals surface area contributed by atoms with E-state index in [9.17, 15) is 32.7 Å². The summed E-state index contributed by atoms with van der Waals surface area (Å²) >= 11 is 6.40. The van der Waals surface area contributed by atoms with E-state index in [-0.39, 0.29) is 31.8 Å². The van der Waals surface area contributed by atoms with E-state index in [1.54, 1.807) is 39.0 Å². The smallest absolute Gasteiger partial charge is 0.410 e. The van der Waals surface area contributed by atoms with Crippen LogP contribution in [0.25, 0.3) is 0 Å². The minimum absolute atomic E-state index is 0.0276. The second kappa shape index (κ2) is 10.6. The molecule has 1 saturated heterocycles. The van der Waals surface area contributed by atoms with Gasteiger partial charge in [-0.25, -0.2) is 18.0 Å². The number of likely N-dealkylation sites (tertiary alicyclic amines) is 1. The van der Waals surface area contributed by atoms with Crippen molar-refractivity contribution in [2.75, 3.05) is 6.54 Å². The van der Waals surface area contributed by atoms with Crippen molar-refractivity contribution in [1.29, 1.82) is 0 Å². The molecular formula is C28H37ClN4O8S. The number of sulfonamides is 1. The third-order valence-corrected chi connectivity index (χ3v) is 10.8. The fraction of sp³-hybridized carbons (Fsp3) is 0.643. The lowest BCUT2D eigenvalue weighted by Crippen LogP contribution is -2.57. The van der Waals surface area contributed by atoms with E-state index < -0.39 is 68.4 Å². The largest absolute Gasteiger partial charge is 0.465 e. The summed E-state index contributed by atoms with van der Waals surface area (Å²) in [6, 6.07) is 3.49. The Morgan fingerprint density at radius 2 is 1.86 bits per heavy atom. The lowest BCUT2D eigenvalue weighted by atomic mass is 9.90. The van der Waals surface area contributed by atoms with E-state index in [0.717, 1.165) is 5.56 Å². The standard InChI is InChI=1S/C28H37ClN4O8S/c1-5-16-12-28(16,24(35)31-42(39,40)17-9-10-17)30-23(34)21-11-15(13-32(21)26(38)41-27(2,3)4)22-18-7-6-8-20(29)19(18)14-33(22)25(36)37/h6-8,15-17,21-22H,5,9-14H2,1-4H3,(H,30,34)(H,31,35)(H,36,37)/t15-,16-,21+,22?,28-/m1/s1. The van der Waals surface area contributed by atoms with Crippen LogP contribution in [0.1, 0.15) is 77.0 Å². The maximum atomic E-state index is 13.9. The molecule has 2 heterocycles. The summed E-state index contributed by atoms with van der Waals surface area (Å²) in [4.78, 5) is 55.4. The molecule has 2 aliphatic heterocycles. The van der Waals surface area contributed by atoms with Crippen LogP contribution >= 0.6 is 11.6 Å². The van der Waals surface area contributed by atoms with E-state index in [1.165, 1.54) is 9.80 Å². The average molecular weight is 625 g/mol. The molecule has 1 aromatic rings.